The predicted molar refractivity (Wildman–Crippen MR) is 71.6 cm³/mol. The maximum absolute atomic E-state index is 11.3. The molecule has 1 unspecified atom stereocenters. The molecule has 1 amide bonds. The minimum Gasteiger partial charge on any atom is -0.355 e. The van der Waals surface area contributed by atoms with Crippen LogP contribution in [0.15, 0.2) is 18.2 Å². The summed E-state index contributed by atoms with van der Waals surface area (Å²) in [6.07, 6.45) is 0.336. The van der Waals surface area contributed by atoms with Gasteiger partial charge in [-0.2, -0.15) is 0 Å². The molecule has 0 spiro atoms. The van der Waals surface area contributed by atoms with Crippen LogP contribution in [0.5, 0.6) is 0 Å². The second-order valence-electron chi connectivity index (χ2n) is 3.88. The minimum absolute atomic E-state index is 0.0532. The van der Waals surface area contributed by atoms with E-state index in [9.17, 15) is 4.79 Å². The molecule has 94 valence electrons. The summed E-state index contributed by atoms with van der Waals surface area (Å²) in [5.41, 5.74) is 6.16. The van der Waals surface area contributed by atoms with Crippen LogP contribution in [-0.2, 0) is 4.79 Å². The summed E-state index contributed by atoms with van der Waals surface area (Å²) in [6, 6.07) is 5.38. The molecular formula is C12H16Cl2N2O. The third kappa shape index (κ3) is 4.19. The van der Waals surface area contributed by atoms with Gasteiger partial charge in [0, 0.05) is 35.5 Å². The van der Waals surface area contributed by atoms with E-state index in [-0.39, 0.29) is 11.8 Å². The molecule has 0 aromatic heterocycles. The first-order valence-electron chi connectivity index (χ1n) is 5.47. The first-order valence-corrected chi connectivity index (χ1v) is 6.22. The summed E-state index contributed by atoms with van der Waals surface area (Å²) in [5.74, 6) is 0.0143. The molecule has 0 fully saturated rings. The van der Waals surface area contributed by atoms with Crippen molar-refractivity contribution in [2.75, 3.05) is 13.1 Å². The van der Waals surface area contributed by atoms with Gasteiger partial charge in [-0.1, -0.05) is 36.2 Å². The third-order valence-electron chi connectivity index (χ3n) is 2.47. The van der Waals surface area contributed by atoms with E-state index in [0.29, 0.717) is 29.6 Å². The van der Waals surface area contributed by atoms with Gasteiger partial charge in [-0.15, -0.1) is 0 Å². The van der Waals surface area contributed by atoms with Crippen LogP contribution in [0, 0.1) is 0 Å². The Morgan fingerprint density at radius 2 is 2.00 bits per heavy atom. The first-order chi connectivity index (χ1) is 8.06. The molecule has 1 atom stereocenters. The zero-order valence-corrected chi connectivity index (χ0v) is 11.2. The van der Waals surface area contributed by atoms with Crippen molar-refractivity contribution in [3.05, 3.63) is 33.8 Å². The topological polar surface area (TPSA) is 55.1 Å². The van der Waals surface area contributed by atoms with Crippen molar-refractivity contribution >= 4 is 29.1 Å². The molecule has 1 aromatic rings. The van der Waals surface area contributed by atoms with Crippen LogP contribution in [0.3, 0.4) is 0 Å². The Bertz CT molecular complexity index is 376. The molecule has 1 aromatic carbocycles. The lowest BCUT2D eigenvalue weighted by Crippen LogP contribution is -2.29. The van der Waals surface area contributed by atoms with E-state index in [1.165, 1.54) is 0 Å². The fourth-order valence-corrected chi connectivity index (χ4v) is 2.34. The van der Waals surface area contributed by atoms with Gasteiger partial charge < -0.3 is 11.1 Å². The van der Waals surface area contributed by atoms with E-state index in [1.807, 2.05) is 6.92 Å². The Balaban J connectivity index is 2.64. The molecule has 17 heavy (non-hydrogen) atoms. The monoisotopic (exact) mass is 274 g/mol. The van der Waals surface area contributed by atoms with Crippen molar-refractivity contribution in [2.24, 2.45) is 5.73 Å². The molecule has 0 heterocycles. The number of hydrogen-bond acceptors (Lipinski definition) is 2. The highest BCUT2D eigenvalue weighted by molar-refractivity contribution is 6.36. The smallest absolute Gasteiger partial charge is 0.221 e. The van der Waals surface area contributed by atoms with Crippen molar-refractivity contribution in [2.45, 2.75) is 19.3 Å². The van der Waals surface area contributed by atoms with E-state index in [4.69, 9.17) is 28.9 Å². The molecule has 0 aliphatic heterocycles. The van der Waals surface area contributed by atoms with Crippen LogP contribution < -0.4 is 11.1 Å². The lowest BCUT2D eigenvalue weighted by Gasteiger charge is -2.16. The average molecular weight is 275 g/mol. The van der Waals surface area contributed by atoms with Crippen molar-refractivity contribution in [1.29, 1.82) is 0 Å². The molecule has 0 bridgehead atoms. The summed E-state index contributed by atoms with van der Waals surface area (Å²) in [5, 5.41) is 4.05. The quantitative estimate of drug-likeness (QED) is 0.867. The van der Waals surface area contributed by atoms with Gasteiger partial charge in [0.15, 0.2) is 0 Å². The van der Waals surface area contributed by atoms with Crippen LogP contribution in [0.25, 0.3) is 0 Å². The SMILES string of the molecule is CC(CNC(=O)CCN)c1c(Cl)cccc1Cl. The van der Waals surface area contributed by atoms with Gasteiger partial charge in [0.1, 0.15) is 0 Å². The molecule has 0 aliphatic rings. The Kier molecular flexibility index (Phi) is 5.75. The lowest BCUT2D eigenvalue weighted by atomic mass is 10.0. The van der Waals surface area contributed by atoms with Gasteiger partial charge in [0.05, 0.1) is 0 Å². The fourth-order valence-electron chi connectivity index (χ4n) is 1.57. The van der Waals surface area contributed by atoms with Gasteiger partial charge in [0.25, 0.3) is 0 Å². The van der Waals surface area contributed by atoms with Gasteiger partial charge in [-0.25, -0.2) is 0 Å². The number of carbonyl (C=O) groups is 1. The summed E-state index contributed by atoms with van der Waals surface area (Å²) in [6.45, 7) is 2.82. The molecule has 3 N–H and O–H groups in total. The van der Waals surface area contributed by atoms with Crippen LogP contribution >= 0.6 is 23.2 Å². The van der Waals surface area contributed by atoms with E-state index in [1.54, 1.807) is 18.2 Å². The van der Waals surface area contributed by atoms with Crippen LogP contribution in [0.2, 0.25) is 10.0 Å². The van der Waals surface area contributed by atoms with Crippen LogP contribution in [-0.4, -0.2) is 19.0 Å². The number of hydrogen-bond donors (Lipinski definition) is 2. The molecule has 5 heteroatoms. The largest absolute Gasteiger partial charge is 0.355 e. The zero-order chi connectivity index (χ0) is 12.8. The van der Waals surface area contributed by atoms with Gasteiger partial charge >= 0.3 is 0 Å². The molecule has 0 saturated carbocycles. The Labute approximate surface area is 111 Å². The van der Waals surface area contributed by atoms with Crippen molar-refractivity contribution in [3.8, 4) is 0 Å². The number of rotatable bonds is 5. The normalized spacial score (nSPS) is 12.2. The standard InChI is InChI=1S/C12H16Cl2N2O/c1-8(7-16-11(17)5-6-15)12-9(13)3-2-4-10(12)14/h2-4,8H,5-7,15H2,1H3,(H,16,17). The first kappa shape index (κ1) is 14.3. The third-order valence-corrected chi connectivity index (χ3v) is 3.13. The predicted octanol–water partition coefficient (Wildman–Crippen LogP) is 2.56. The highest BCUT2D eigenvalue weighted by Crippen LogP contribution is 2.30. The number of halogens is 2. The van der Waals surface area contributed by atoms with Crippen molar-refractivity contribution in [3.63, 3.8) is 0 Å². The summed E-state index contributed by atoms with van der Waals surface area (Å²) in [4.78, 5) is 11.3. The molecule has 1 rings (SSSR count). The Morgan fingerprint density at radius 3 is 2.53 bits per heavy atom. The van der Waals surface area contributed by atoms with Gasteiger partial charge in [0.2, 0.25) is 5.91 Å². The second-order valence-corrected chi connectivity index (χ2v) is 4.69. The van der Waals surface area contributed by atoms with Crippen LogP contribution in [0.1, 0.15) is 24.8 Å². The fraction of sp³-hybridized carbons (Fsp3) is 0.417. The highest BCUT2D eigenvalue weighted by atomic mass is 35.5. The number of nitrogens with two attached hydrogens (primary N) is 1. The summed E-state index contributed by atoms with van der Waals surface area (Å²) in [7, 11) is 0. The Hall–Kier alpha value is -0.770. The van der Waals surface area contributed by atoms with E-state index in [2.05, 4.69) is 5.32 Å². The molecule has 3 nitrogen and oxygen atoms in total. The molecule has 0 saturated heterocycles. The van der Waals surface area contributed by atoms with Crippen LogP contribution in [0.4, 0.5) is 0 Å². The van der Waals surface area contributed by atoms with Gasteiger partial charge in [-0.3, -0.25) is 4.79 Å². The number of nitrogens with one attached hydrogen (secondary N) is 1. The summed E-state index contributed by atoms with van der Waals surface area (Å²) >= 11 is 12.2. The van der Waals surface area contributed by atoms with Crippen molar-refractivity contribution < 1.29 is 4.79 Å². The zero-order valence-electron chi connectivity index (χ0n) is 9.67. The van der Waals surface area contributed by atoms with E-state index < -0.39 is 0 Å². The maximum atomic E-state index is 11.3. The minimum atomic E-state index is -0.0532. The van der Waals surface area contributed by atoms with E-state index >= 15 is 0 Å². The Morgan fingerprint density at radius 1 is 1.41 bits per heavy atom. The second kappa shape index (κ2) is 6.84. The molecular weight excluding hydrogens is 259 g/mol. The number of amides is 1. The number of benzene rings is 1. The van der Waals surface area contributed by atoms with Gasteiger partial charge in [-0.05, 0) is 17.7 Å². The van der Waals surface area contributed by atoms with E-state index in [0.717, 1.165) is 5.56 Å². The average Bonchev–Trinajstić information content (AvgIpc) is 2.26. The summed E-state index contributed by atoms with van der Waals surface area (Å²) < 4.78 is 0. The molecule has 0 aliphatic carbocycles. The number of carbonyl (C=O) groups excluding carboxylic acids is 1. The lowest BCUT2D eigenvalue weighted by molar-refractivity contribution is -0.120. The van der Waals surface area contributed by atoms with Crippen molar-refractivity contribution in [1.82, 2.24) is 5.32 Å². The molecule has 0 radical (unpaired) electrons. The maximum Gasteiger partial charge on any atom is 0.221 e. The highest BCUT2D eigenvalue weighted by Gasteiger charge is 2.14.